The number of likely N-dealkylation sites (tertiary alicyclic amines) is 1. The normalized spacial score (nSPS) is 18.6. The number of nitrogens with one attached hydrogen (secondary N) is 1. The van der Waals surface area contributed by atoms with Gasteiger partial charge in [0.1, 0.15) is 5.69 Å². The minimum absolute atomic E-state index is 0.0118. The number of pyridine rings is 1. The summed E-state index contributed by atoms with van der Waals surface area (Å²) in [6.45, 7) is 0.915. The fourth-order valence-electron chi connectivity index (χ4n) is 2.54. The van der Waals surface area contributed by atoms with Crippen molar-refractivity contribution in [1.82, 2.24) is 9.88 Å². The quantitative estimate of drug-likeness (QED) is 0.890. The number of piperidine rings is 1. The van der Waals surface area contributed by atoms with Crippen molar-refractivity contribution in [3.05, 3.63) is 24.0 Å². The van der Waals surface area contributed by atoms with Gasteiger partial charge in [0.25, 0.3) is 0 Å². The number of hydrogen-bond acceptors (Lipinski definition) is 3. The van der Waals surface area contributed by atoms with Crippen molar-refractivity contribution < 1.29 is 22.8 Å². The summed E-state index contributed by atoms with van der Waals surface area (Å²) >= 11 is 0. The molecule has 0 aliphatic carbocycles. The maximum Gasteiger partial charge on any atom is 0.433 e. The fourth-order valence-corrected chi connectivity index (χ4v) is 2.54. The van der Waals surface area contributed by atoms with Crippen LogP contribution in [0.1, 0.15) is 25.0 Å². The molecule has 2 heterocycles. The third-order valence-corrected chi connectivity index (χ3v) is 3.60. The standard InChI is InChI=1S/C14H17F3N4O2/c15-14(16,17)11-4-3-10(7-19-11)20-13(23)21-5-1-2-9(8-21)6-12(18)22/h3-4,7,9H,1-2,5-6,8H2,(H2,18,22)(H,20,23)/t9-/m1/s1. The highest BCUT2D eigenvalue weighted by Gasteiger charge is 2.32. The van der Waals surface area contributed by atoms with E-state index >= 15 is 0 Å². The number of amides is 3. The SMILES string of the molecule is NC(=O)C[C@H]1CCCN(C(=O)Nc2ccc(C(F)(F)F)nc2)C1. The lowest BCUT2D eigenvalue weighted by Crippen LogP contribution is -2.43. The summed E-state index contributed by atoms with van der Waals surface area (Å²) in [5.74, 6) is -0.401. The second-order valence-corrected chi connectivity index (χ2v) is 5.48. The zero-order chi connectivity index (χ0) is 17.0. The number of halogens is 3. The third kappa shape index (κ3) is 4.83. The van der Waals surface area contributed by atoms with E-state index in [0.717, 1.165) is 31.2 Å². The molecule has 126 valence electrons. The number of hydrogen-bond donors (Lipinski definition) is 2. The molecule has 9 heteroatoms. The van der Waals surface area contributed by atoms with Crippen LogP contribution in [0.4, 0.5) is 23.7 Å². The van der Waals surface area contributed by atoms with Crippen LogP contribution in [-0.4, -0.2) is 34.9 Å². The van der Waals surface area contributed by atoms with E-state index in [2.05, 4.69) is 10.3 Å². The van der Waals surface area contributed by atoms with Gasteiger partial charge in [0.05, 0.1) is 11.9 Å². The predicted octanol–water partition coefficient (Wildman–Crippen LogP) is 2.22. The number of urea groups is 1. The van der Waals surface area contributed by atoms with E-state index in [1.54, 1.807) is 0 Å². The average molecular weight is 330 g/mol. The first-order chi connectivity index (χ1) is 10.8. The van der Waals surface area contributed by atoms with Crippen LogP contribution >= 0.6 is 0 Å². The first kappa shape index (κ1) is 17.0. The van der Waals surface area contributed by atoms with Crippen molar-refractivity contribution in [1.29, 1.82) is 0 Å². The minimum atomic E-state index is -4.52. The Morgan fingerprint density at radius 2 is 2.13 bits per heavy atom. The van der Waals surface area contributed by atoms with Crippen LogP contribution in [-0.2, 0) is 11.0 Å². The average Bonchev–Trinajstić information content (AvgIpc) is 2.46. The van der Waals surface area contributed by atoms with Gasteiger partial charge in [-0.2, -0.15) is 13.2 Å². The number of carbonyl (C=O) groups is 2. The molecule has 0 aromatic carbocycles. The van der Waals surface area contributed by atoms with Gasteiger partial charge in [-0.15, -0.1) is 0 Å². The Labute approximate surface area is 130 Å². The van der Waals surface area contributed by atoms with E-state index < -0.39 is 23.8 Å². The number of nitrogens with zero attached hydrogens (tertiary/aromatic N) is 2. The van der Waals surface area contributed by atoms with Gasteiger partial charge in [0.15, 0.2) is 0 Å². The maximum absolute atomic E-state index is 12.4. The van der Waals surface area contributed by atoms with Crippen molar-refractivity contribution in [2.75, 3.05) is 18.4 Å². The molecular formula is C14H17F3N4O2. The van der Waals surface area contributed by atoms with Gasteiger partial charge < -0.3 is 16.0 Å². The number of rotatable bonds is 3. The van der Waals surface area contributed by atoms with E-state index in [9.17, 15) is 22.8 Å². The highest BCUT2D eigenvalue weighted by molar-refractivity contribution is 5.89. The van der Waals surface area contributed by atoms with Crippen molar-refractivity contribution in [3.8, 4) is 0 Å². The van der Waals surface area contributed by atoms with Crippen molar-refractivity contribution in [3.63, 3.8) is 0 Å². The summed E-state index contributed by atoms with van der Waals surface area (Å²) in [5, 5.41) is 2.51. The Morgan fingerprint density at radius 1 is 1.39 bits per heavy atom. The molecule has 1 aromatic heterocycles. The summed E-state index contributed by atoms with van der Waals surface area (Å²) in [4.78, 5) is 27.9. The molecule has 0 spiro atoms. The molecule has 2 rings (SSSR count). The van der Waals surface area contributed by atoms with Crippen LogP contribution in [0.15, 0.2) is 18.3 Å². The van der Waals surface area contributed by atoms with Gasteiger partial charge >= 0.3 is 12.2 Å². The maximum atomic E-state index is 12.4. The van der Waals surface area contributed by atoms with Crippen molar-refractivity contribution in [2.45, 2.75) is 25.4 Å². The monoisotopic (exact) mass is 330 g/mol. The number of nitrogens with two attached hydrogens (primary N) is 1. The van der Waals surface area contributed by atoms with Gasteiger partial charge in [0, 0.05) is 19.5 Å². The predicted molar refractivity (Wildman–Crippen MR) is 76.4 cm³/mol. The molecule has 0 saturated carbocycles. The minimum Gasteiger partial charge on any atom is -0.370 e. The highest BCUT2D eigenvalue weighted by atomic mass is 19.4. The molecule has 3 N–H and O–H groups in total. The Morgan fingerprint density at radius 3 is 2.70 bits per heavy atom. The molecule has 1 atom stereocenters. The molecule has 1 fully saturated rings. The number of aromatic nitrogens is 1. The van der Waals surface area contributed by atoms with Gasteiger partial charge in [-0.3, -0.25) is 4.79 Å². The van der Waals surface area contributed by atoms with Crippen LogP contribution < -0.4 is 11.1 Å². The molecule has 0 radical (unpaired) electrons. The molecule has 6 nitrogen and oxygen atoms in total. The number of anilines is 1. The largest absolute Gasteiger partial charge is 0.433 e. The van der Waals surface area contributed by atoms with Gasteiger partial charge in [-0.1, -0.05) is 0 Å². The fraction of sp³-hybridized carbons (Fsp3) is 0.500. The van der Waals surface area contributed by atoms with Crippen LogP contribution in [0.2, 0.25) is 0 Å². The molecule has 3 amide bonds. The first-order valence-corrected chi connectivity index (χ1v) is 7.13. The van der Waals surface area contributed by atoms with Crippen LogP contribution in [0.5, 0.6) is 0 Å². The molecule has 23 heavy (non-hydrogen) atoms. The van der Waals surface area contributed by atoms with Gasteiger partial charge in [0.2, 0.25) is 5.91 Å². The second-order valence-electron chi connectivity index (χ2n) is 5.48. The molecule has 0 bridgehead atoms. The summed E-state index contributed by atoms with van der Waals surface area (Å²) in [6.07, 6.45) is -1.78. The van der Waals surface area contributed by atoms with Gasteiger partial charge in [-0.25, -0.2) is 9.78 Å². The first-order valence-electron chi connectivity index (χ1n) is 7.13. The Bertz CT molecular complexity index is 574. The molecular weight excluding hydrogens is 313 g/mol. The number of primary amides is 1. The van der Waals surface area contributed by atoms with Crippen molar-refractivity contribution in [2.24, 2.45) is 11.7 Å². The summed E-state index contributed by atoms with van der Waals surface area (Å²) in [7, 11) is 0. The van der Waals surface area contributed by atoms with Gasteiger partial charge in [-0.05, 0) is 30.9 Å². The lowest BCUT2D eigenvalue weighted by molar-refractivity contribution is -0.141. The van der Waals surface area contributed by atoms with Crippen molar-refractivity contribution >= 4 is 17.6 Å². The summed E-state index contributed by atoms with van der Waals surface area (Å²) < 4.78 is 37.3. The second kappa shape index (κ2) is 6.84. The van der Waals surface area contributed by atoms with E-state index in [-0.39, 0.29) is 18.0 Å². The van der Waals surface area contributed by atoms with E-state index in [1.807, 2.05) is 0 Å². The molecule has 0 unspecified atom stereocenters. The smallest absolute Gasteiger partial charge is 0.370 e. The van der Waals surface area contributed by atoms with Crippen LogP contribution in [0.3, 0.4) is 0 Å². The molecule has 1 aliphatic heterocycles. The number of alkyl halides is 3. The van der Waals surface area contributed by atoms with E-state index in [1.165, 1.54) is 4.90 Å². The Kier molecular flexibility index (Phi) is 5.07. The van der Waals surface area contributed by atoms with Crippen LogP contribution in [0, 0.1) is 5.92 Å². The zero-order valence-electron chi connectivity index (χ0n) is 12.3. The number of carbonyl (C=O) groups excluding carboxylic acids is 2. The lowest BCUT2D eigenvalue weighted by atomic mass is 9.95. The van der Waals surface area contributed by atoms with Crippen LogP contribution in [0.25, 0.3) is 0 Å². The van der Waals surface area contributed by atoms with E-state index in [4.69, 9.17) is 5.73 Å². The highest BCUT2D eigenvalue weighted by Crippen LogP contribution is 2.28. The summed E-state index contributed by atoms with van der Waals surface area (Å²) in [6, 6.07) is 1.53. The topological polar surface area (TPSA) is 88.3 Å². The zero-order valence-corrected chi connectivity index (χ0v) is 12.3. The Hall–Kier alpha value is -2.32. The molecule has 1 saturated heterocycles. The summed E-state index contributed by atoms with van der Waals surface area (Å²) in [5.41, 5.74) is 4.32. The lowest BCUT2D eigenvalue weighted by Gasteiger charge is -2.32. The third-order valence-electron chi connectivity index (χ3n) is 3.60. The Balaban J connectivity index is 1.94. The molecule has 1 aromatic rings. The molecule has 1 aliphatic rings. The van der Waals surface area contributed by atoms with E-state index in [0.29, 0.717) is 13.1 Å².